The van der Waals surface area contributed by atoms with Crippen LogP contribution in [0.25, 0.3) is 44.6 Å². The summed E-state index contributed by atoms with van der Waals surface area (Å²) in [4.78, 5) is 9.65. The van der Waals surface area contributed by atoms with Gasteiger partial charge in [-0.2, -0.15) is 0 Å². The van der Waals surface area contributed by atoms with Crippen LogP contribution in [0.3, 0.4) is 0 Å². The lowest BCUT2D eigenvalue weighted by molar-refractivity contribution is 0.753. The van der Waals surface area contributed by atoms with Crippen molar-refractivity contribution in [2.45, 2.75) is 40.8 Å². The molecule has 5 rings (SSSR count). The Labute approximate surface area is 176 Å². The van der Waals surface area contributed by atoms with Gasteiger partial charge < -0.3 is 9.13 Å². The Morgan fingerprint density at radius 2 is 1.30 bits per heavy atom. The zero-order valence-electron chi connectivity index (χ0n) is 18.0. The average molecular weight is 395 g/mol. The predicted octanol–water partition coefficient (Wildman–Crippen LogP) is 6.38. The summed E-state index contributed by atoms with van der Waals surface area (Å²) in [6.45, 7) is 10.3. The highest BCUT2D eigenvalue weighted by atomic mass is 15.1. The monoisotopic (exact) mass is 394 g/mol. The molecule has 0 amide bonds. The number of imidazole rings is 2. The molecule has 0 aliphatic heterocycles. The molecule has 2 aromatic heterocycles. The van der Waals surface area contributed by atoms with Gasteiger partial charge in [0.1, 0.15) is 11.6 Å². The predicted molar refractivity (Wildman–Crippen MR) is 125 cm³/mol. The van der Waals surface area contributed by atoms with E-state index < -0.39 is 0 Å². The number of benzene rings is 3. The molecule has 0 atom stereocenters. The van der Waals surface area contributed by atoms with Gasteiger partial charge in [0.25, 0.3) is 0 Å². The van der Waals surface area contributed by atoms with Crippen LogP contribution in [0.2, 0.25) is 0 Å². The fraction of sp³-hybridized carbons (Fsp3) is 0.231. The van der Waals surface area contributed by atoms with Crippen LogP contribution < -0.4 is 0 Å². The molecule has 4 heteroatoms. The van der Waals surface area contributed by atoms with Crippen molar-refractivity contribution in [3.05, 3.63) is 72.1 Å². The summed E-state index contributed by atoms with van der Waals surface area (Å²) in [6.07, 6.45) is 0. The molecule has 0 radical (unpaired) electrons. The lowest BCUT2D eigenvalue weighted by Crippen LogP contribution is -1.98. The van der Waals surface area contributed by atoms with E-state index in [1.807, 2.05) is 0 Å². The molecule has 0 bridgehead atoms. The summed E-state index contributed by atoms with van der Waals surface area (Å²) in [6, 6.07) is 21.7. The van der Waals surface area contributed by atoms with Gasteiger partial charge in [0, 0.05) is 18.7 Å². The van der Waals surface area contributed by atoms with Crippen molar-refractivity contribution in [3.63, 3.8) is 0 Å². The first-order chi connectivity index (χ1) is 14.6. The highest BCUT2D eigenvalue weighted by Gasteiger charge is 2.14. The number of aromatic nitrogens is 4. The Morgan fingerprint density at radius 1 is 0.667 bits per heavy atom. The summed E-state index contributed by atoms with van der Waals surface area (Å²) in [5, 5.41) is 0. The van der Waals surface area contributed by atoms with Crippen molar-refractivity contribution in [3.8, 4) is 22.5 Å². The first kappa shape index (κ1) is 18.6. The molecule has 0 spiro atoms. The Hall–Kier alpha value is -3.40. The summed E-state index contributed by atoms with van der Waals surface area (Å²) >= 11 is 0. The zero-order chi connectivity index (χ0) is 20.8. The molecule has 2 heterocycles. The maximum Gasteiger partial charge on any atom is 0.141 e. The van der Waals surface area contributed by atoms with E-state index in [4.69, 9.17) is 4.98 Å². The van der Waals surface area contributed by atoms with Crippen LogP contribution in [0.4, 0.5) is 0 Å². The standard InChI is InChI=1S/C26H26N4/c1-5-29-18(4)27-22-12-10-19(15-24(22)29)20-11-13-23-25(16-20)30(6-2)26(28-23)21-9-7-8-17(3)14-21/h7-16H,5-6H2,1-4H3. The Morgan fingerprint density at radius 3 is 1.93 bits per heavy atom. The third-order valence-electron chi connectivity index (χ3n) is 5.93. The largest absolute Gasteiger partial charge is 0.328 e. The molecule has 0 aliphatic carbocycles. The number of hydrogen-bond acceptors (Lipinski definition) is 2. The second-order valence-corrected chi connectivity index (χ2v) is 7.86. The molecule has 0 saturated carbocycles. The second-order valence-electron chi connectivity index (χ2n) is 7.86. The molecule has 5 aromatic rings. The van der Waals surface area contributed by atoms with Gasteiger partial charge in [-0.25, -0.2) is 9.97 Å². The lowest BCUT2D eigenvalue weighted by Gasteiger charge is -2.08. The van der Waals surface area contributed by atoms with Crippen LogP contribution in [0.5, 0.6) is 0 Å². The zero-order valence-corrected chi connectivity index (χ0v) is 18.0. The molecule has 4 nitrogen and oxygen atoms in total. The van der Waals surface area contributed by atoms with Gasteiger partial charge in [0.05, 0.1) is 22.1 Å². The average Bonchev–Trinajstić information content (AvgIpc) is 3.28. The van der Waals surface area contributed by atoms with Gasteiger partial charge in [-0.15, -0.1) is 0 Å². The molecule has 0 fully saturated rings. The Bertz CT molecular complexity index is 1390. The molecule has 30 heavy (non-hydrogen) atoms. The second kappa shape index (κ2) is 7.13. The first-order valence-corrected chi connectivity index (χ1v) is 10.6. The van der Waals surface area contributed by atoms with Gasteiger partial charge in [0.2, 0.25) is 0 Å². The van der Waals surface area contributed by atoms with E-state index in [1.54, 1.807) is 0 Å². The minimum Gasteiger partial charge on any atom is -0.328 e. The Kier molecular flexibility index (Phi) is 4.43. The topological polar surface area (TPSA) is 35.6 Å². The highest BCUT2D eigenvalue weighted by Crippen LogP contribution is 2.31. The third-order valence-corrected chi connectivity index (χ3v) is 5.93. The van der Waals surface area contributed by atoms with Crippen molar-refractivity contribution in [2.75, 3.05) is 0 Å². The molecular formula is C26H26N4. The molecule has 0 aliphatic rings. The molecule has 150 valence electrons. The maximum atomic E-state index is 4.96. The van der Waals surface area contributed by atoms with E-state index in [1.165, 1.54) is 33.3 Å². The van der Waals surface area contributed by atoms with Crippen LogP contribution in [0.15, 0.2) is 60.7 Å². The number of fused-ring (bicyclic) bond motifs is 2. The van der Waals surface area contributed by atoms with Gasteiger partial charge in [-0.1, -0.05) is 35.9 Å². The highest BCUT2D eigenvalue weighted by molar-refractivity contribution is 5.88. The quantitative estimate of drug-likeness (QED) is 0.355. The van der Waals surface area contributed by atoms with Crippen LogP contribution >= 0.6 is 0 Å². The van der Waals surface area contributed by atoms with Crippen LogP contribution in [-0.2, 0) is 13.1 Å². The lowest BCUT2D eigenvalue weighted by atomic mass is 10.0. The SMILES string of the molecule is CCn1c(C)nc2ccc(-c3ccc4nc(-c5cccc(C)c5)n(CC)c4c3)cc21. The molecule has 0 saturated heterocycles. The van der Waals surface area contributed by atoms with Crippen LogP contribution in [-0.4, -0.2) is 19.1 Å². The summed E-state index contributed by atoms with van der Waals surface area (Å²) < 4.78 is 4.58. The first-order valence-electron chi connectivity index (χ1n) is 10.6. The summed E-state index contributed by atoms with van der Waals surface area (Å²) in [5.74, 6) is 2.09. The van der Waals surface area contributed by atoms with E-state index in [0.717, 1.165) is 35.8 Å². The number of rotatable bonds is 4. The van der Waals surface area contributed by atoms with Gasteiger partial charge in [0.15, 0.2) is 0 Å². The fourth-order valence-corrected chi connectivity index (χ4v) is 4.45. The smallest absolute Gasteiger partial charge is 0.141 e. The van der Waals surface area contributed by atoms with Crippen molar-refractivity contribution in [1.29, 1.82) is 0 Å². The van der Waals surface area contributed by atoms with E-state index >= 15 is 0 Å². The van der Waals surface area contributed by atoms with E-state index in [-0.39, 0.29) is 0 Å². The number of nitrogens with zero attached hydrogens (tertiary/aromatic N) is 4. The molecule has 0 N–H and O–H groups in total. The normalized spacial score (nSPS) is 11.6. The molecule has 0 unspecified atom stereocenters. The van der Waals surface area contributed by atoms with Gasteiger partial charge in [-0.05, 0) is 69.2 Å². The van der Waals surface area contributed by atoms with Gasteiger partial charge in [-0.3, -0.25) is 0 Å². The maximum absolute atomic E-state index is 4.96. The third kappa shape index (κ3) is 2.91. The minimum absolute atomic E-state index is 0.879. The van der Waals surface area contributed by atoms with Gasteiger partial charge >= 0.3 is 0 Å². The number of aryl methyl sites for hydroxylation is 4. The van der Waals surface area contributed by atoms with Crippen molar-refractivity contribution in [2.24, 2.45) is 0 Å². The summed E-state index contributed by atoms with van der Waals surface area (Å²) in [7, 11) is 0. The van der Waals surface area contributed by atoms with E-state index in [9.17, 15) is 0 Å². The van der Waals surface area contributed by atoms with E-state index in [2.05, 4.69) is 102 Å². The molecule has 3 aromatic carbocycles. The van der Waals surface area contributed by atoms with Crippen LogP contribution in [0, 0.1) is 13.8 Å². The van der Waals surface area contributed by atoms with Crippen LogP contribution in [0.1, 0.15) is 25.2 Å². The van der Waals surface area contributed by atoms with Crippen molar-refractivity contribution < 1.29 is 0 Å². The molecular weight excluding hydrogens is 368 g/mol. The minimum atomic E-state index is 0.879. The summed E-state index contributed by atoms with van der Waals surface area (Å²) in [5.41, 5.74) is 9.28. The van der Waals surface area contributed by atoms with E-state index in [0.29, 0.717) is 0 Å². The van der Waals surface area contributed by atoms with Crippen molar-refractivity contribution >= 4 is 22.1 Å². The fourth-order valence-electron chi connectivity index (χ4n) is 4.45. The van der Waals surface area contributed by atoms with Crippen molar-refractivity contribution in [1.82, 2.24) is 19.1 Å². The number of hydrogen-bond donors (Lipinski definition) is 0. The Balaban J connectivity index is 1.67.